The molecule has 1 saturated heterocycles. The fraction of sp³-hybridized carbons (Fsp3) is 0.667. The molecule has 1 aliphatic heterocycles. The van der Waals surface area contributed by atoms with Crippen LogP contribution in [-0.4, -0.2) is 38.6 Å². The summed E-state index contributed by atoms with van der Waals surface area (Å²) in [6.45, 7) is 1.67. The SMILES string of the molecule is CC(=O)C1(Cc2nnn(C)n2)CCOC1=O. The topological polar surface area (TPSA) is 87.0 Å². The molecule has 2 heterocycles. The summed E-state index contributed by atoms with van der Waals surface area (Å²) < 4.78 is 4.87. The van der Waals surface area contributed by atoms with Crippen LogP contribution in [-0.2, 0) is 27.8 Å². The number of cyclic esters (lactones) is 1. The van der Waals surface area contributed by atoms with Gasteiger partial charge in [-0.15, -0.1) is 10.2 Å². The number of aromatic nitrogens is 4. The first kappa shape index (κ1) is 10.7. The monoisotopic (exact) mass is 224 g/mol. The minimum Gasteiger partial charge on any atom is -0.465 e. The van der Waals surface area contributed by atoms with Crippen LogP contribution in [0.2, 0.25) is 0 Å². The number of ketones is 1. The minimum absolute atomic E-state index is 0.162. The predicted octanol–water partition coefficient (Wildman–Crippen LogP) is -0.725. The Kier molecular flexibility index (Phi) is 2.45. The number of esters is 1. The molecule has 7 heteroatoms. The third-order valence-electron chi connectivity index (χ3n) is 2.84. The first-order chi connectivity index (χ1) is 7.54. The highest BCUT2D eigenvalue weighted by Gasteiger charge is 2.49. The molecule has 1 aromatic rings. The molecule has 0 radical (unpaired) electrons. The van der Waals surface area contributed by atoms with Gasteiger partial charge in [-0.25, -0.2) is 0 Å². The smallest absolute Gasteiger partial charge is 0.320 e. The zero-order valence-corrected chi connectivity index (χ0v) is 9.13. The summed E-state index contributed by atoms with van der Waals surface area (Å²) in [5, 5.41) is 11.4. The Bertz CT molecular complexity index is 442. The van der Waals surface area contributed by atoms with Crippen LogP contribution in [0.3, 0.4) is 0 Å². The summed E-state index contributed by atoms with van der Waals surface area (Å²) >= 11 is 0. The van der Waals surface area contributed by atoms with Crippen molar-refractivity contribution in [3.05, 3.63) is 5.82 Å². The lowest BCUT2D eigenvalue weighted by Crippen LogP contribution is -2.36. The molecule has 16 heavy (non-hydrogen) atoms. The second-order valence-electron chi connectivity index (χ2n) is 3.90. The molecule has 2 rings (SSSR count). The number of aryl methyl sites for hydroxylation is 1. The zero-order valence-electron chi connectivity index (χ0n) is 9.13. The van der Waals surface area contributed by atoms with Gasteiger partial charge in [0.1, 0.15) is 11.2 Å². The van der Waals surface area contributed by atoms with E-state index in [1.165, 1.54) is 11.7 Å². The van der Waals surface area contributed by atoms with Gasteiger partial charge in [0, 0.05) is 12.8 Å². The highest BCUT2D eigenvalue weighted by atomic mass is 16.5. The predicted molar refractivity (Wildman–Crippen MR) is 51.2 cm³/mol. The maximum atomic E-state index is 11.6. The molecule has 1 aliphatic rings. The molecule has 0 bridgehead atoms. The second kappa shape index (κ2) is 3.66. The third-order valence-corrected chi connectivity index (χ3v) is 2.84. The van der Waals surface area contributed by atoms with Gasteiger partial charge in [-0.2, -0.15) is 4.80 Å². The minimum atomic E-state index is -1.11. The van der Waals surface area contributed by atoms with E-state index in [0.29, 0.717) is 12.2 Å². The Morgan fingerprint density at radius 1 is 1.62 bits per heavy atom. The van der Waals surface area contributed by atoms with E-state index in [9.17, 15) is 9.59 Å². The van der Waals surface area contributed by atoms with Gasteiger partial charge < -0.3 is 4.74 Å². The van der Waals surface area contributed by atoms with E-state index in [2.05, 4.69) is 15.4 Å². The summed E-state index contributed by atoms with van der Waals surface area (Å²) in [6, 6.07) is 0. The Balaban J connectivity index is 2.28. The van der Waals surface area contributed by atoms with Crippen LogP contribution in [0.15, 0.2) is 0 Å². The lowest BCUT2D eigenvalue weighted by molar-refractivity contribution is -0.150. The fourth-order valence-corrected chi connectivity index (χ4v) is 1.83. The Hall–Kier alpha value is -1.79. The number of carbonyl (C=O) groups excluding carboxylic acids is 2. The second-order valence-corrected chi connectivity index (χ2v) is 3.90. The molecule has 0 amide bonds. The van der Waals surface area contributed by atoms with Crippen molar-refractivity contribution in [3.8, 4) is 0 Å². The maximum Gasteiger partial charge on any atom is 0.320 e. The van der Waals surface area contributed by atoms with Crippen molar-refractivity contribution in [1.29, 1.82) is 0 Å². The molecule has 0 N–H and O–H groups in total. The van der Waals surface area contributed by atoms with E-state index in [1.54, 1.807) is 7.05 Å². The van der Waals surface area contributed by atoms with Crippen molar-refractivity contribution in [2.75, 3.05) is 6.61 Å². The van der Waals surface area contributed by atoms with E-state index in [1.807, 2.05) is 0 Å². The van der Waals surface area contributed by atoms with Crippen LogP contribution >= 0.6 is 0 Å². The number of Topliss-reactive ketones (excluding diaryl/α,β-unsaturated/α-hetero) is 1. The zero-order chi connectivity index (χ0) is 11.8. The largest absolute Gasteiger partial charge is 0.465 e. The van der Waals surface area contributed by atoms with Gasteiger partial charge in [-0.1, -0.05) is 0 Å². The third kappa shape index (κ3) is 1.58. The van der Waals surface area contributed by atoms with E-state index in [-0.39, 0.29) is 18.8 Å². The van der Waals surface area contributed by atoms with Gasteiger partial charge in [0.2, 0.25) is 0 Å². The number of carbonyl (C=O) groups is 2. The summed E-state index contributed by atoms with van der Waals surface area (Å²) in [4.78, 5) is 24.5. The van der Waals surface area contributed by atoms with E-state index < -0.39 is 11.4 Å². The van der Waals surface area contributed by atoms with Crippen molar-refractivity contribution < 1.29 is 14.3 Å². The fourth-order valence-electron chi connectivity index (χ4n) is 1.83. The van der Waals surface area contributed by atoms with Crippen LogP contribution in [0.1, 0.15) is 19.2 Å². The standard InChI is InChI=1S/C9H12N4O3/c1-6(14)9(3-4-16-8(9)15)5-7-10-12-13(2)11-7/h3-5H2,1-2H3. The molecule has 0 spiro atoms. The lowest BCUT2D eigenvalue weighted by atomic mass is 9.79. The number of hydrogen-bond acceptors (Lipinski definition) is 6. The highest BCUT2D eigenvalue weighted by Crippen LogP contribution is 2.34. The van der Waals surface area contributed by atoms with Crippen LogP contribution in [0.5, 0.6) is 0 Å². The number of hydrogen-bond donors (Lipinski definition) is 0. The summed E-state index contributed by atoms with van der Waals surface area (Å²) in [5.41, 5.74) is -1.11. The van der Waals surface area contributed by atoms with Gasteiger partial charge >= 0.3 is 5.97 Å². The summed E-state index contributed by atoms with van der Waals surface area (Å²) in [5.74, 6) is -0.300. The Morgan fingerprint density at radius 3 is 2.81 bits per heavy atom. The number of rotatable bonds is 3. The van der Waals surface area contributed by atoms with Gasteiger partial charge in [0.25, 0.3) is 0 Å². The molecule has 7 nitrogen and oxygen atoms in total. The Labute approximate surface area is 91.8 Å². The molecular formula is C9H12N4O3. The number of tetrazole rings is 1. The molecule has 0 aromatic carbocycles. The molecule has 0 aliphatic carbocycles. The molecule has 1 atom stereocenters. The van der Waals surface area contributed by atoms with Gasteiger partial charge in [0.15, 0.2) is 5.82 Å². The molecule has 1 unspecified atom stereocenters. The number of ether oxygens (including phenoxy) is 1. The van der Waals surface area contributed by atoms with Gasteiger partial charge in [-0.05, 0) is 12.1 Å². The average molecular weight is 224 g/mol. The highest BCUT2D eigenvalue weighted by molar-refractivity contribution is 6.03. The van der Waals surface area contributed by atoms with Crippen LogP contribution in [0.25, 0.3) is 0 Å². The van der Waals surface area contributed by atoms with E-state index >= 15 is 0 Å². The molecule has 1 aromatic heterocycles. The van der Waals surface area contributed by atoms with Crippen LogP contribution < -0.4 is 0 Å². The van der Waals surface area contributed by atoms with E-state index in [0.717, 1.165) is 0 Å². The van der Waals surface area contributed by atoms with Crippen molar-refractivity contribution in [2.45, 2.75) is 19.8 Å². The van der Waals surface area contributed by atoms with Crippen LogP contribution in [0.4, 0.5) is 0 Å². The van der Waals surface area contributed by atoms with Gasteiger partial charge in [0.05, 0.1) is 13.7 Å². The molecule has 86 valence electrons. The Morgan fingerprint density at radius 2 is 2.38 bits per heavy atom. The van der Waals surface area contributed by atoms with Crippen molar-refractivity contribution in [1.82, 2.24) is 20.2 Å². The molecule has 1 fully saturated rings. The van der Waals surface area contributed by atoms with Crippen molar-refractivity contribution in [3.63, 3.8) is 0 Å². The maximum absolute atomic E-state index is 11.6. The quantitative estimate of drug-likeness (QED) is 0.497. The normalized spacial score (nSPS) is 24.5. The molecule has 0 saturated carbocycles. The first-order valence-corrected chi connectivity index (χ1v) is 4.96. The average Bonchev–Trinajstić information content (AvgIpc) is 2.76. The molecular weight excluding hydrogens is 212 g/mol. The van der Waals surface area contributed by atoms with E-state index in [4.69, 9.17) is 4.74 Å². The van der Waals surface area contributed by atoms with Crippen molar-refractivity contribution in [2.24, 2.45) is 12.5 Å². The summed E-state index contributed by atoms with van der Waals surface area (Å²) in [6.07, 6.45) is 0.550. The van der Waals surface area contributed by atoms with Crippen molar-refractivity contribution >= 4 is 11.8 Å². The number of nitrogens with zero attached hydrogens (tertiary/aromatic N) is 4. The van der Waals surface area contributed by atoms with Crippen LogP contribution in [0, 0.1) is 5.41 Å². The summed E-state index contributed by atoms with van der Waals surface area (Å²) in [7, 11) is 1.63. The first-order valence-electron chi connectivity index (χ1n) is 4.96. The lowest BCUT2D eigenvalue weighted by Gasteiger charge is -2.18. The van der Waals surface area contributed by atoms with Gasteiger partial charge in [-0.3, -0.25) is 9.59 Å².